The molecule has 0 unspecified atom stereocenters. The average molecular weight is 993 g/mol. The number of urea groups is 1. The number of fused-ring (bicyclic) bond motifs is 1. The fourth-order valence-electron chi connectivity index (χ4n) is 8.07. The van der Waals surface area contributed by atoms with Crippen LogP contribution in [0.2, 0.25) is 0 Å². The lowest BCUT2D eigenvalue weighted by Gasteiger charge is -2.35. The van der Waals surface area contributed by atoms with E-state index in [-0.39, 0.29) is 113 Å². The number of aromatic carboxylic acids is 1. The minimum absolute atomic E-state index is 0.0472. The number of carboxylic acids is 2. The monoisotopic (exact) mass is 992 g/mol. The number of hydrogen-bond donors (Lipinski definition) is 6. The lowest BCUT2D eigenvalue weighted by atomic mass is 9.86. The number of benzene rings is 2. The molecule has 71 heavy (non-hydrogen) atoms. The molecule has 1 aliphatic heterocycles. The summed E-state index contributed by atoms with van der Waals surface area (Å²) >= 11 is 0. The number of primary amides is 1. The normalized spacial score (nSPS) is 13.7. The molecule has 3 atom stereocenters. The average Bonchev–Trinajstić information content (AvgIpc) is 3.32. The summed E-state index contributed by atoms with van der Waals surface area (Å²) < 4.78 is 22.5. The molecule has 0 spiro atoms. The van der Waals surface area contributed by atoms with Crippen molar-refractivity contribution >= 4 is 69.9 Å². The van der Waals surface area contributed by atoms with Crippen molar-refractivity contribution in [1.29, 1.82) is 0 Å². The summed E-state index contributed by atoms with van der Waals surface area (Å²) in [5, 5.41) is 26.5. The number of nitrogens with one attached hydrogen (secondary N) is 3. The quantitative estimate of drug-likeness (QED) is 0.0630. The number of aryl methyl sites for hydroxylation is 1. The lowest BCUT2D eigenvalue weighted by Crippen LogP contribution is -2.49. The number of hydrogen-bond acceptors (Lipinski definition) is 12. The Labute approximate surface area is 410 Å². The molecule has 0 aliphatic carbocycles. The van der Waals surface area contributed by atoms with Gasteiger partial charge in [-0.1, -0.05) is 38.1 Å². The second kappa shape index (κ2) is 26.6. The van der Waals surface area contributed by atoms with Crippen LogP contribution in [0, 0.1) is 17.7 Å². The smallest absolute Gasteiger partial charge is 0.410 e. The first-order valence-corrected chi connectivity index (χ1v) is 23.5. The lowest BCUT2D eigenvalue weighted by molar-refractivity contribution is -0.138. The molecule has 21 nitrogen and oxygen atoms in total. The van der Waals surface area contributed by atoms with E-state index in [1.165, 1.54) is 22.1 Å². The second-order valence-electron chi connectivity index (χ2n) is 18.0. The van der Waals surface area contributed by atoms with Gasteiger partial charge in [-0.15, -0.1) is 0 Å². The molecule has 2 heterocycles. The maximum Gasteiger partial charge on any atom is 0.410 e. The predicted molar refractivity (Wildman–Crippen MR) is 258 cm³/mol. The highest BCUT2D eigenvalue weighted by molar-refractivity contribution is 5.96. The summed E-state index contributed by atoms with van der Waals surface area (Å²) in [4.78, 5) is 131. The zero-order chi connectivity index (χ0) is 52.5. The highest BCUT2D eigenvalue weighted by atomic mass is 19.1. The molecule has 4 rings (SSSR count). The van der Waals surface area contributed by atoms with Crippen LogP contribution in [0.15, 0.2) is 47.4 Å². The first kappa shape index (κ1) is 56.2. The number of halogens is 1. The number of piperazine rings is 1. The third-order valence-electron chi connectivity index (χ3n) is 12.3. The van der Waals surface area contributed by atoms with Gasteiger partial charge in [0.1, 0.15) is 18.0 Å². The number of aliphatic carboxylic acids is 1. The number of carbonyl (C=O) groups is 9. The van der Waals surface area contributed by atoms with Crippen molar-refractivity contribution in [3.63, 3.8) is 0 Å². The number of ether oxygens (including phenoxy) is 1. The number of carbonyl (C=O) groups excluding carboxylic acids is 7. The maximum atomic E-state index is 15.4. The number of pyridine rings is 1. The minimum atomic E-state index is -1.40. The van der Waals surface area contributed by atoms with Crippen LogP contribution in [0.1, 0.15) is 93.6 Å². The summed E-state index contributed by atoms with van der Waals surface area (Å²) in [5.74, 6) is -6.97. The number of ketones is 2. The van der Waals surface area contributed by atoms with Gasteiger partial charge >= 0.3 is 24.1 Å². The zero-order valence-corrected chi connectivity index (χ0v) is 40.8. The van der Waals surface area contributed by atoms with Crippen molar-refractivity contribution in [3.05, 3.63) is 75.3 Å². The summed E-state index contributed by atoms with van der Waals surface area (Å²) in [6.07, 6.45) is 0.0942. The number of anilines is 1. The van der Waals surface area contributed by atoms with Crippen LogP contribution in [0.5, 0.6) is 0 Å². The van der Waals surface area contributed by atoms with Crippen LogP contribution < -0.4 is 32.0 Å². The topological polar surface area (TPSA) is 297 Å². The van der Waals surface area contributed by atoms with E-state index in [4.69, 9.17) is 10.5 Å². The molecular weight excluding hydrogens is 928 g/mol. The van der Waals surface area contributed by atoms with Gasteiger partial charge in [-0.25, -0.2) is 18.8 Å². The van der Waals surface area contributed by atoms with E-state index in [1.54, 1.807) is 68.6 Å². The van der Waals surface area contributed by atoms with E-state index >= 15 is 4.39 Å². The fraction of sp³-hybridized carbons (Fsp3) is 0.510. The molecule has 2 aromatic carbocycles. The molecule has 3 aromatic rings. The minimum Gasteiger partial charge on any atom is -0.481 e. The summed E-state index contributed by atoms with van der Waals surface area (Å²) in [6, 6.07) is 6.24. The number of rotatable bonds is 26. The highest BCUT2D eigenvalue weighted by Gasteiger charge is 2.33. The number of carboxylic acid groups (broad SMARTS) is 2. The van der Waals surface area contributed by atoms with Crippen LogP contribution in [0.4, 0.5) is 19.7 Å². The van der Waals surface area contributed by atoms with E-state index in [2.05, 4.69) is 16.0 Å². The van der Waals surface area contributed by atoms with Crippen molar-refractivity contribution in [3.8, 4) is 0 Å². The Morgan fingerprint density at radius 1 is 0.845 bits per heavy atom. The van der Waals surface area contributed by atoms with E-state index in [1.807, 2.05) is 0 Å². The molecule has 0 radical (unpaired) electrons. The van der Waals surface area contributed by atoms with Gasteiger partial charge < -0.3 is 55.9 Å². The molecule has 6 amide bonds. The molecule has 1 fully saturated rings. The van der Waals surface area contributed by atoms with Crippen LogP contribution >= 0.6 is 0 Å². The van der Waals surface area contributed by atoms with E-state index in [0.717, 1.165) is 6.07 Å². The van der Waals surface area contributed by atoms with Gasteiger partial charge in [-0.2, -0.15) is 0 Å². The molecule has 22 heteroatoms. The van der Waals surface area contributed by atoms with Crippen molar-refractivity contribution in [2.75, 3.05) is 51.7 Å². The molecule has 0 bridgehead atoms. The van der Waals surface area contributed by atoms with Crippen LogP contribution in [0.25, 0.3) is 10.9 Å². The standard InChI is InChI=1S/C49H65FN8O13/c1-6-56-27-34(47(67)68)45(65)33-24-35(50)39(26-38(33)56)57-19-21-58(22-20-57)49(70)71-28-31-14-12-30(13-15-31)23-40(59)36(9-8-18-52-48(51)69)54-46(66)32(29(2)3)25-41(60)37(16-17-44(63)64)53-42(61)10-7-11-43(62)55(4)5/h12-15,24,26-27,29,32,36-37H,6-11,16-23,25,28H2,1-5H3,(H,53,61)(H,54,66)(H,63,64)(H,67,68)(H3,51,52,69)/t32-,36-,37-/m0/s1. The fourth-order valence-corrected chi connectivity index (χ4v) is 8.07. The Kier molecular flexibility index (Phi) is 21.0. The summed E-state index contributed by atoms with van der Waals surface area (Å²) in [6.45, 7) is 6.46. The Bertz CT molecular complexity index is 2500. The molecule has 386 valence electrons. The third-order valence-corrected chi connectivity index (χ3v) is 12.3. The molecule has 1 aliphatic rings. The van der Waals surface area contributed by atoms with Gasteiger partial charge in [0.15, 0.2) is 11.6 Å². The van der Waals surface area contributed by atoms with E-state index in [9.17, 15) is 58.2 Å². The number of nitrogens with zero attached hydrogens (tertiary/aromatic N) is 4. The molecule has 7 N–H and O–H groups in total. The highest BCUT2D eigenvalue weighted by Crippen LogP contribution is 2.27. The predicted octanol–water partition coefficient (Wildman–Crippen LogP) is 3.20. The largest absolute Gasteiger partial charge is 0.481 e. The van der Waals surface area contributed by atoms with Crippen molar-refractivity contribution < 1.29 is 62.5 Å². The number of Topliss-reactive ketones (excluding diaryl/α,β-unsaturated/α-hetero) is 2. The van der Waals surface area contributed by atoms with E-state index < -0.39 is 88.8 Å². The Balaban J connectivity index is 1.35. The van der Waals surface area contributed by atoms with E-state index in [0.29, 0.717) is 23.2 Å². The Hall–Kier alpha value is -7.39. The number of amides is 6. The van der Waals surface area contributed by atoms with Crippen molar-refractivity contribution in [2.24, 2.45) is 17.6 Å². The SMILES string of the molecule is CCn1cc(C(=O)O)c(=O)c2cc(F)c(N3CCN(C(=O)OCc4ccc(CC(=O)[C@H](CCCNC(N)=O)NC(=O)[C@@H](CC(=O)[C@H](CCC(=O)O)NC(=O)CCCC(=O)N(C)C)C(C)C)cc4)CC3)cc21. The molecule has 1 aromatic heterocycles. The van der Waals surface area contributed by atoms with Gasteiger partial charge in [0, 0.05) is 103 Å². The number of nitrogens with two attached hydrogens (primary N) is 1. The first-order valence-electron chi connectivity index (χ1n) is 23.5. The van der Waals surface area contributed by atoms with Gasteiger partial charge in [-0.05, 0) is 61.8 Å². The van der Waals surface area contributed by atoms with Crippen LogP contribution in [0.3, 0.4) is 0 Å². The van der Waals surface area contributed by atoms with Gasteiger partial charge in [0.25, 0.3) is 0 Å². The van der Waals surface area contributed by atoms with Crippen LogP contribution in [-0.2, 0) is 53.1 Å². The third kappa shape index (κ3) is 16.6. The Morgan fingerprint density at radius 3 is 2.08 bits per heavy atom. The van der Waals surface area contributed by atoms with Gasteiger partial charge in [0.05, 0.1) is 23.3 Å². The first-order chi connectivity index (χ1) is 33.6. The van der Waals surface area contributed by atoms with Crippen molar-refractivity contribution in [1.82, 2.24) is 30.3 Å². The second-order valence-corrected chi connectivity index (χ2v) is 18.0. The molecule has 0 saturated carbocycles. The Morgan fingerprint density at radius 2 is 1.49 bits per heavy atom. The van der Waals surface area contributed by atoms with Crippen LogP contribution in [-0.4, -0.2) is 137 Å². The summed E-state index contributed by atoms with van der Waals surface area (Å²) in [5.41, 5.74) is 5.76. The van der Waals surface area contributed by atoms with Gasteiger partial charge in [0.2, 0.25) is 23.2 Å². The maximum absolute atomic E-state index is 15.4. The molecular formula is C49H65FN8O13. The molecule has 1 saturated heterocycles. The number of aromatic nitrogens is 1. The zero-order valence-electron chi connectivity index (χ0n) is 40.8. The van der Waals surface area contributed by atoms with Crippen molar-refractivity contribution in [2.45, 2.75) is 104 Å². The summed E-state index contributed by atoms with van der Waals surface area (Å²) in [7, 11) is 3.17. The van der Waals surface area contributed by atoms with Gasteiger partial charge in [-0.3, -0.25) is 33.6 Å².